The molecule has 49 valence electrons. The molecule has 0 amide bonds. The summed E-state index contributed by atoms with van der Waals surface area (Å²) in [6.07, 6.45) is 1.24. The molecule has 0 aliphatic carbocycles. The van der Waals surface area contributed by atoms with Gasteiger partial charge in [-0.25, -0.2) is 0 Å². The lowest BCUT2D eigenvalue weighted by Crippen LogP contribution is -2.06. The Kier molecular flexibility index (Phi) is 4.97. The third kappa shape index (κ3) is 2.88. The maximum atomic E-state index is 4.83. The Balaban J connectivity index is 3.29. The van der Waals surface area contributed by atoms with E-state index in [0.29, 0.717) is 5.25 Å². The van der Waals surface area contributed by atoms with E-state index in [1.807, 2.05) is 0 Å². The quantitative estimate of drug-likeness (QED) is 0.555. The lowest BCUT2D eigenvalue weighted by atomic mass is 10.1. The summed E-state index contributed by atoms with van der Waals surface area (Å²) in [5.74, 6) is 0.775. The van der Waals surface area contributed by atoms with Crippen molar-refractivity contribution >= 4 is 22.5 Å². The zero-order chi connectivity index (χ0) is 6.57. The van der Waals surface area contributed by atoms with Gasteiger partial charge in [-0.3, -0.25) is 0 Å². The molecule has 0 N–H and O–H groups in total. The van der Waals surface area contributed by atoms with Crippen LogP contribution in [-0.2, 0) is 0 Å². The predicted molar refractivity (Wildman–Crippen MR) is 44.1 cm³/mol. The van der Waals surface area contributed by atoms with Gasteiger partial charge in [0.2, 0.25) is 0 Å². The highest BCUT2D eigenvalue weighted by Crippen LogP contribution is 2.23. The van der Waals surface area contributed by atoms with E-state index >= 15 is 0 Å². The summed E-state index contributed by atoms with van der Waals surface area (Å²) >= 11 is 4.83. The van der Waals surface area contributed by atoms with E-state index in [9.17, 15) is 0 Å². The van der Waals surface area contributed by atoms with Gasteiger partial charge in [0.25, 0.3) is 0 Å². The van der Waals surface area contributed by atoms with Crippen LogP contribution in [0, 0.1) is 5.92 Å². The van der Waals surface area contributed by atoms with Crippen molar-refractivity contribution < 1.29 is 0 Å². The lowest BCUT2D eigenvalue weighted by Gasteiger charge is -2.12. The summed E-state index contributed by atoms with van der Waals surface area (Å²) in [5.41, 5.74) is 0. The fourth-order valence-corrected chi connectivity index (χ4v) is 1.38. The lowest BCUT2D eigenvalue weighted by molar-refractivity contribution is 0.560. The topological polar surface area (TPSA) is 0 Å². The summed E-state index contributed by atoms with van der Waals surface area (Å²) in [5, 5.41) is 0.648. The molecule has 2 unspecified atom stereocenters. The molecule has 0 aliphatic heterocycles. The van der Waals surface area contributed by atoms with E-state index in [-0.39, 0.29) is 0 Å². The average molecular weight is 149 g/mol. The molecule has 0 aromatic heterocycles. The Bertz CT molecular complexity index is 46.5. The van der Waals surface area contributed by atoms with Crippen LogP contribution in [0.15, 0.2) is 0 Å². The Morgan fingerprint density at radius 2 is 2.00 bits per heavy atom. The Morgan fingerprint density at radius 1 is 1.50 bits per heavy atom. The number of hydrogen-bond acceptors (Lipinski definition) is 1. The molecule has 1 radical (unpaired) electrons. The molecule has 0 rings (SSSR count). The van der Waals surface area contributed by atoms with Gasteiger partial charge in [-0.2, -0.15) is 0 Å². The van der Waals surface area contributed by atoms with Gasteiger partial charge in [0, 0.05) is 5.25 Å². The molecule has 0 saturated heterocycles. The molecule has 0 bridgehead atoms. The van der Waals surface area contributed by atoms with Crippen molar-refractivity contribution in [2.45, 2.75) is 32.4 Å². The SMILES string of the molecule is CCC(C)C(C)S[S]. The van der Waals surface area contributed by atoms with Gasteiger partial charge in [-0.05, 0) is 17.6 Å². The molecule has 0 nitrogen and oxygen atoms in total. The molecule has 0 fully saturated rings. The van der Waals surface area contributed by atoms with E-state index in [0.717, 1.165) is 5.92 Å². The molecule has 0 saturated carbocycles. The van der Waals surface area contributed by atoms with Crippen LogP contribution in [0.5, 0.6) is 0 Å². The van der Waals surface area contributed by atoms with E-state index in [4.69, 9.17) is 11.7 Å². The minimum Gasteiger partial charge on any atom is -0.0783 e. The van der Waals surface area contributed by atoms with Crippen molar-refractivity contribution in [3.05, 3.63) is 0 Å². The van der Waals surface area contributed by atoms with Crippen LogP contribution in [0.3, 0.4) is 0 Å². The predicted octanol–water partition coefficient (Wildman–Crippen LogP) is 3.27. The Morgan fingerprint density at radius 3 is 2.12 bits per heavy atom. The maximum Gasteiger partial charge on any atom is 0.0157 e. The van der Waals surface area contributed by atoms with E-state index in [1.54, 1.807) is 10.8 Å². The molecule has 8 heavy (non-hydrogen) atoms. The second kappa shape index (κ2) is 4.57. The van der Waals surface area contributed by atoms with Crippen LogP contribution in [-0.4, -0.2) is 5.25 Å². The summed E-state index contributed by atoms with van der Waals surface area (Å²) in [6.45, 7) is 6.63. The van der Waals surface area contributed by atoms with Gasteiger partial charge in [0.1, 0.15) is 0 Å². The minimum absolute atomic E-state index is 0.648. The monoisotopic (exact) mass is 149 g/mol. The first-order valence-electron chi connectivity index (χ1n) is 3.01. The summed E-state index contributed by atoms with van der Waals surface area (Å²) < 4.78 is 0. The van der Waals surface area contributed by atoms with Gasteiger partial charge < -0.3 is 0 Å². The maximum absolute atomic E-state index is 4.83. The molecule has 0 heterocycles. The van der Waals surface area contributed by atoms with E-state index < -0.39 is 0 Å². The van der Waals surface area contributed by atoms with Gasteiger partial charge in [-0.15, -0.1) is 0 Å². The molecule has 2 heteroatoms. The summed E-state index contributed by atoms with van der Waals surface area (Å²) in [7, 11) is 1.54. The molecular formula is C6H13S2. The smallest absolute Gasteiger partial charge is 0.0157 e. The van der Waals surface area contributed by atoms with Gasteiger partial charge in [-0.1, -0.05) is 38.0 Å². The van der Waals surface area contributed by atoms with Crippen molar-refractivity contribution in [1.82, 2.24) is 0 Å². The second-order valence-electron chi connectivity index (χ2n) is 2.19. The van der Waals surface area contributed by atoms with Gasteiger partial charge >= 0.3 is 0 Å². The molecule has 0 spiro atoms. The van der Waals surface area contributed by atoms with Crippen molar-refractivity contribution in [1.29, 1.82) is 0 Å². The van der Waals surface area contributed by atoms with E-state index in [1.165, 1.54) is 6.42 Å². The Labute approximate surface area is 61.2 Å². The van der Waals surface area contributed by atoms with Gasteiger partial charge in [0.15, 0.2) is 0 Å². The van der Waals surface area contributed by atoms with E-state index in [2.05, 4.69) is 20.8 Å². The normalized spacial score (nSPS) is 18.0. The summed E-state index contributed by atoms with van der Waals surface area (Å²) in [6, 6.07) is 0. The van der Waals surface area contributed by atoms with Crippen molar-refractivity contribution in [2.24, 2.45) is 5.92 Å². The first-order chi connectivity index (χ1) is 3.72. The van der Waals surface area contributed by atoms with Crippen LogP contribution < -0.4 is 0 Å². The zero-order valence-corrected chi connectivity index (χ0v) is 7.31. The minimum atomic E-state index is 0.648. The standard InChI is InChI=1S/C6H13S2/c1-4-5(2)6(3)8-7/h5-6H,4H2,1-3H3. The summed E-state index contributed by atoms with van der Waals surface area (Å²) in [4.78, 5) is 0. The molecular weight excluding hydrogens is 136 g/mol. The van der Waals surface area contributed by atoms with Crippen molar-refractivity contribution in [3.63, 3.8) is 0 Å². The molecule has 0 aromatic carbocycles. The van der Waals surface area contributed by atoms with Crippen molar-refractivity contribution in [3.8, 4) is 0 Å². The third-order valence-corrected chi connectivity index (χ3v) is 3.28. The fraction of sp³-hybridized carbons (Fsp3) is 1.00. The number of rotatable bonds is 3. The van der Waals surface area contributed by atoms with Crippen LogP contribution in [0.1, 0.15) is 27.2 Å². The molecule has 0 aromatic rings. The zero-order valence-electron chi connectivity index (χ0n) is 5.68. The van der Waals surface area contributed by atoms with Crippen LogP contribution in [0.25, 0.3) is 0 Å². The van der Waals surface area contributed by atoms with Crippen LogP contribution >= 0.6 is 22.5 Å². The van der Waals surface area contributed by atoms with Gasteiger partial charge in [0.05, 0.1) is 0 Å². The number of hydrogen-bond donors (Lipinski definition) is 0. The molecule has 0 aliphatic rings. The van der Waals surface area contributed by atoms with Crippen LogP contribution in [0.2, 0.25) is 0 Å². The largest absolute Gasteiger partial charge is 0.0783 e. The highest BCUT2D eigenvalue weighted by atomic mass is 33.1. The van der Waals surface area contributed by atoms with Crippen LogP contribution in [0.4, 0.5) is 0 Å². The highest BCUT2D eigenvalue weighted by Gasteiger charge is 2.07. The Hall–Kier alpha value is 0.700. The fourth-order valence-electron chi connectivity index (χ4n) is 0.427. The third-order valence-electron chi connectivity index (χ3n) is 1.60. The highest BCUT2D eigenvalue weighted by molar-refractivity contribution is 8.68. The first kappa shape index (κ1) is 8.70. The average Bonchev–Trinajstić information content (AvgIpc) is 1.84. The first-order valence-corrected chi connectivity index (χ1v) is 4.81. The van der Waals surface area contributed by atoms with Crippen molar-refractivity contribution in [2.75, 3.05) is 0 Å². The second-order valence-corrected chi connectivity index (χ2v) is 3.70. The molecule has 2 atom stereocenters.